The Morgan fingerprint density at radius 2 is 0.870 bits per heavy atom. The van der Waals surface area contributed by atoms with Crippen LogP contribution in [0.5, 0.6) is 0 Å². The molecule has 0 radical (unpaired) electrons. The minimum atomic E-state index is -1.09. The molecule has 0 fully saturated rings. The van der Waals surface area contributed by atoms with Gasteiger partial charge in [-0.25, -0.2) is 42.5 Å². The van der Waals surface area contributed by atoms with Crippen molar-refractivity contribution >= 4 is 35.4 Å². The number of aromatic nitrogens is 3. The summed E-state index contributed by atoms with van der Waals surface area (Å²) in [4.78, 5) is 92.3. The molecule has 0 aliphatic rings. The van der Waals surface area contributed by atoms with Crippen molar-refractivity contribution < 1.29 is 28.9 Å². The van der Waals surface area contributed by atoms with Gasteiger partial charge in [0.25, 0.3) is 0 Å². The van der Waals surface area contributed by atoms with E-state index in [1.807, 2.05) is 83.1 Å². The molecule has 0 aliphatic carbocycles. The van der Waals surface area contributed by atoms with E-state index in [1.165, 1.54) is 0 Å². The maximum atomic E-state index is 13.4. The predicted octanol–water partition coefficient (Wildman–Crippen LogP) is 5.22. The lowest BCUT2D eigenvalue weighted by molar-refractivity contribution is 0.144. The molecule has 0 bridgehead atoms. The molecule has 1 unspecified atom stereocenters. The molecular formula is C36H63N9O9. The third kappa shape index (κ3) is 15.7. The van der Waals surface area contributed by atoms with Crippen molar-refractivity contribution in [3.63, 3.8) is 0 Å². The van der Waals surface area contributed by atoms with Gasteiger partial charge in [0.05, 0.1) is 17.1 Å². The summed E-state index contributed by atoms with van der Waals surface area (Å²) in [6, 6.07) is 0. The van der Waals surface area contributed by atoms with Crippen LogP contribution in [0.1, 0.15) is 115 Å². The van der Waals surface area contributed by atoms with Gasteiger partial charge in [-0.05, 0) is 54.8 Å². The summed E-state index contributed by atoms with van der Waals surface area (Å²) in [6.07, 6.45) is 0.253. The molecular weight excluding hydrogens is 702 g/mol. The van der Waals surface area contributed by atoms with E-state index in [4.69, 9.17) is 14.5 Å². The lowest BCUT2D eigenvalue weighted by atomic mass is 9.94. The van der Waals surface area contributed by atoms with E-state index in [2.05, 4.69) is 31.4 Å². The summed E-state index contributed by atoms with van der Waals surface area (Å²) in [5, 5.41) is 19.2. The topological polar surface area (TPSA) is 218 Å². The van der Waals surface area contributed by atoms with Crippen molar-refractivity contribution in [3.05, 3.63) is 31.5 Å². The van der Waals surface area contributed by atoms with Crippen molar-refractivity contribution in [1.82, 2.24) is 29.7 Å². The van der Waals surface area contributed by atoms with E-state index in [1.54, 1.807) is 0 Å². The van der Waals surface area contributed by atoms with Crippen molar-refractivity contribution in [3.8, 4) is 0 Å². The summed E-state index contributed by atoms with van der Waals surface area (Å²) in [5.74, 6) is 0.362. The number of unbranched alkanes of at least 4 members (excludes halogenated alkanes) is 3. The lowest BCUT2D eigenvalue weighted by Gasteiger charge is -2.16. The molecule has 18 nitrogen and oxygen atoms in total. The highest BCUT2D eigenvalue weighted by molar-refractivity contribution is 5.89. The first-order valence-electron chi connectivity index (χ1n) is 18.9. The SMILES string of the molecule is CCC(C)/C(=N\OC(=O)NCn1c(=O)n(CCCCCCNC(=O)ON=C(C(C)C)C(C)C)c(=O)n(CNC(=O)ON=C(C(C)C)C(C)C)c1=O)C(C)C. The number of amides is 3. The minimum absolute atomic E-state index is 0.00761. The first-order chi connectivity index (χ1) is 25.3. The van der Waals surface area contributed by atoms with E-state index in [9.17, 15) is 28.8 Å². The third-order valence-electron chi connectivity index (χ3n) is 8.50. The highest BCUT2D eigenvalue weighted by atomic mass is 16.7. The van der Waals surface area contributed by atoms with Crippen LogP contribution in [-0.4, -0.2) is 55.7 Å². The first kappa shape index (κ1) is 47.3. The molecule has 1 aromatic heterocycles. The average molecular weight is 766 g/mol. The molecule has 0 aromatic carbocycles. The maximum Gasteiger partial charge on any atom is 0.434 e. The molecule has 306 valence electrons. The standard InChI is InChI=1S/C36H63N9O9/c1-13-27(12)30(26(10)11)42-54-33(48)39-21-45-35(50)43(19-17-15-14-16-18-37-31(46)52-40-28(22(2)3)23(4)5)34(49)44(36(45)51)20-38-32(47)53-41-29(24(6)7)25(8)9/h22-27H,13-21H2,1-12H3,(H,37,46)(H,38,47)(H,39,48)/b42-30-. The smallest absolute Gasteiger partial charge is 0.320 e. The van der Waals surface area contributed by atoms with E-state index in [-0.39, 0.29) is 42.1 Å². The summed E-state index contributed by atoms with van der Waals surface area (Å²) in [5.41, 5.74) is -0.937. The summed E-state index contributed by atoms with van der Waals surface area (Å²) in [6.45, 7) is 22.2. The molecule has 54 heavy (non-hydrogen) atoms. The molecule has 18 heteroatoms. The van der Waals surface area contributed by atoms with Gasteiger partial charge in [0.1, 0.15) is 13.3 Å². The van der Waals surface area contributed by atoms with E-state index >= 15 is 0 Å². The van der Waals surface area contributed by atoms with E-state index < -0.39 is 48.7 Å². The Morgan fingerprint density at radius 1 is 0.519 bits per heavy atom. The van der Waals surface area contributed by atoms with Crippen LogP contribution >= 0.6 is 0 Å². The minimum Gasteiger partial charge on any atom is -0.320 e. The van der Waals surface area contributed by atoms with Crippen molar-refractivity contribution in [1.29, 1.82) is 0 Å². The van der Waals surface area contributed by atoms with Crippen LogP contribution in [0.4, 0.5) is 14.4 Å². The van der Waals surface area contributed by atoms with Gasteiger partial charge in [0.2, 0.25) is 0 Å². The number of nitrogens with zero attached hydrogens (tertiary/aromatic N) is 6. The van der Waals surface area contributed by atoms with Crippen molar-refractivity contribution in [2.45, 2.75) is 135 Å². The number of oxime groups is 3. The second-order valence-electron chi connectivity index (χ2n) is 14.6. The number of nitrogens with one attached hydrogen (secondary N) is 3. The predicted molar refractivity (Wildman–Crippen MR) is 207 cm³/mol. The second-order valence-corrected chi connectivity index (χ2v) is 14.6. The van der Waals surface area contributed by atoms with Gasteiger partial charge >= 0.3 is 35.3 Å². The summed E-state index contributed by atoms with van der Waals surface area (Å²) in [7, 11) is 0. The van der Waals surface area contributed by atoms with Gasteiger partial charge in [-0.1, -0.05) is 111 Å². The highest BCUT2D eigenvalue weighted by Crippen LogP contribution is 2.13. The maximum absolute atomic E-state index is 13.4. The van der Waals surface area contributed by atoms with Gasteiger partial charge in [0, 0.05) is 13.1 Å². The fraction of sp³-hybridized carbons (Fsp3) is 0.750. The fourth-order valence-corrected chi connectivity index (χ4v) is 5.48. The van der Waals surface area contributed by atoms with Crippen molar-refractivity contribution in [2.24, 2.45) is 51.0 Å². The monoisotopic (exact) mass is 765 g/mol. The quantitative estimate of drug-likeness (QED) is 0.0646. The average Bonchev–Trinajstić information content (AvgIpc) is 3.08. The Bertz CT molecular complexity index is 1630. The first-order valence-corrected chi connectivity index (χ1v) is 18.9. The Kier molecular flexibility index (Phi) is 20.8. The Balaban J connectivity index is 3.12. The van der Waals surface area contributed by atoms with E-state index in [0.29, 0.717) is 52.8 Å². The third-order valence-corrected chi connectivity index (χ3v) is 8.50. The molecule has 0 saturated heterocycles. The van der Waals surface area contributed by atoms with Crippen molar-refractivity contribution in [2.75, 3.05) is 6.54 Å². The molecule has 1 aromatic rings. The van der Waals surface area contributed by atoms with Crippen LogP contribution in [0.15, 0.2) is 29.9 Å². The Labute approximate surface area is 317 Å². The molecule has 3 amide bonds. The molecule has 0 aliphatic heterocycles. The van der Waals surface area contributed by atoms with Gasteiger partial charge in [-0.2, -0.15) is 0 Å². The zero-order valence-corrected chi connectivity index (χ0v) is 34.2. The fourth-order valence-electron chi connectivity index (χ4n) is 5.48. The van der Waals surface area contributed by atoms with Crippen LogP contribution in [0, 0.1) is 35.5 Å². The van der Waals surface area contributed by atoms with Gasteiger partial charge in [-0.15, -0.1) is 0 Å². The zero-order valence-electron chi connectivity index (χ0n) is 34.2. The number of hydrogen-bond donors (Lipinski definition) is 3. The lowest BCUT2D eigenvalue weighted by Crippen LogP contribution is -2.57. The normalized spacial score (nSPS) is 12.2. The number of carbonyl (C=O) groups is 3. The Hall–Kier alpha value is -4.77. The van der Waals surface area contributed by atoms with Gasteiger partial charge in [-0.3, -0.25) is 14.5 Å². The zero-order chi connectivity index (χ0) is 41.1. The molecule has 1 heterocycles. The molecule has 1 atom stereocenters. The summed E-state index contributed by atoms with van der Waals surface area (Å²) >= 11 is 0. The largest absolute Gasteiger partial charge is 0.434 e. The molecule has 0 spiro atoms. The second kappa shape index (κ2) is 23.8. The summed E-state index contributed by atoms with van der Waals surface area (Å²) < 4.78 is 2.14. The van der Waals surface area contributed by atoms with Crippen LogP contribution < -0.4 is 33.0 Å². The molecule has 1 rings (SSSR count). The molecule has 3 N–H and O–H groups in total. The number of rotatable bonds is 21. The molecule has 0 saturated carbocycles. The van der Waals surface area contributed by atoms with Crippen LogP contribution in [-0.2, 0) is 34.4 Å². The van der Waals surface area contributed by atoms with Crippen LogP contribution in [0.25, 0.3) is 0 Å². The van der Waals surface area contributed by atoms with E-state index in [0.717, 1.165) is 16.7 Å². The van der Waals surface area contributed by atoms with Gasteiger partial charge in [0.15, 0.2) is 0 Å². The number of hydrogen-bond acceptors (Lipinski definition) is 12. The van der Waals surface area contributed by atoms with Gasteiger partial charge < -0.3 is 16.0 Å². The highest BCUT2D eigenvalue weighted by Gasteiger charge is 2.19. The van der Waals surface area contributed by atoms with Crippen LogP contribution in [0.3, 0.4) is 0 Å². The number of carbonyl (C=O) groups excluding carboxylic acids is 3. The van der Waals surface area contributed by atoms with Crippen LogP contribution in [0.2, 0.25) is 0 Å². The Morgan fingerprint density at radius 3 is 1.26 bits per heavy atom.